The summed E-state index contributed by atoms with van der Waals surface area (Å²) in [6, 6.07) is 3.94. The summed E-state index contributed by atoms with van der Waals surface area (Å²) >= 11 is 5.85. The van der Waals surface area contributed by atoms with Crippen molar-refractivity contribution in [2.45, 2.75) is 17.6 Å². The van der Waals surface area contributed by atoms with Crippen LogP contribution in [0.2, 0.25) is 5.02 Å². The molecular formula is C20H17ClF6N4O2. The molecule has 1 atom stereocenters. The number of benzene rings is 1. The molecule has 1 aliphatic rings. The standard InChI is InChI=1S/C20H17ClF6N4O2/c21-13-3-10(16(26)27)5-29-15(13)17(32)30-11-1-2-14(25)12(4-11)19(6-22)9-33-20(7-23,8-24)18(28)31-19/h1-5,16H,6-9H2,(H2,28,31)(H,30,32). The van der Waals surface area contributed by atoms with Crippen LogP contribution in [-0.2, 0) is 10.3 Å². The molecule has 2 heterocycles. The predicted octanol–water partition coefficient (Wildman–Crippen LogP) is 4.29. The summed E-state index contributed by atoms with van der Waals surface area (Å²) in [5.41, 5.74) is 0.0574. The zero-order valence-corrected chi connectivity index (χ0v) is 17.5. The van der Waals surface area contributed by atoms with Gasteiger partial charge in [0.25, 0.3) is 12.3 Å². The lowest BCUT2D eigenvalue weighted by Gasteiger charge is -2.40. The van der Waals surface area contributed by atoms with Crippen LogP contribution < -0.4 is 11.1 Å². The Hall–Kier alpha value is -2.86. The van der Waals surface area contributed by atoms with Gasteiger partial charge in [-0.05, 0) is 24.3 Å². The van der Waals surface area contributed by atoms with E-state index in [1.54, 1.807) is 0 Å². The number of aliphatic imine (C=N–C) groups is 1. The van der Waals surface area contributed by atoms with Gasteiger partial charge < -0.3 is 15.8 Å². The molecule has 0 saturated carbocycles. The number of rotatable bonds is 7. The van der Waals surface area contributed by atoms with Gasteiger partial charge >= 0.3 is 0 Å². The summed E-state index contributed by atoms with van der Waals surface area (Å²) in [6.45, 7) is -4.79. The van der Waals surface area contributed by atoms with Gasteiger partial charge in [-0.15, -0.1) is 0 Å². The third-order valence-electron chi connectivity index (χ3n) is 5.10. The normalized spacial score (nSPS) is 19.9. The Balaban J connectivity index is 1.94. The van der Waals surface area contributed by atoms with Gasteiger partial charge in [-0.2, -0.15) is 0 Å². The molecule has 3 rings (SSSR count). The molecule has 1 amide bonds. The molecule has 0 bridgehead atoms. The van der Waals surface area contributed by atoms with E-state index in [0.29, 0.717) is 0 Å². The number of amides is 1. The van der Waals surface area contributed by atoms with E-state index >= 15 is 0 Å². The number of anilines is 1. The van der Waals surface area contributed by atoms with Crippen LogP contribution in [-0.4, -0.2) is 49.0 Å². The predicted molar refractivity (Wildman–Crippen MR) is 108 cm³/mol. The van der Waals surface area contributed by atoms with E-state index in [9.17, 15) is 31.1 Å². The first-order valence-electron chi connectivity index (χ1n) is 9.34. The Morgan fingerprint density at radius 1 is 1.21 bits per heavy atom. The maximum absolute atomic E-state index is 14.6. The van der Waals surface area contributed by atoms with Crippen LogP contribution >= 0.6 is 11.6 Å². The highest BCUT2D eigenvalue weighted by atomic mass is 35.5. The van der Waals surface area contributed by atoms with E-state index in [-0.39, 0.29) is 16.4 Å². The van der Waals surface area contributed by atoms with Crippen LogP contribution in [0.3, 0.4) is 0 Å². The number of hydrogen-bond donors (Lipinski definition) is 2. The van der Waals surface area contributed by atoms with E-state index in [2.05, 4.69) is 15.3 Å². The van der Waals surface area contributed by atoms with Gasteiger partial charge in [0.1, 0.15) is 42.9 Å². The third kappa shape index (κ3) is 4.62. The molecular weight excluding hydrogens is 478 g/mol. The molecule has 1 aromatic carbocycles. The molecule has 1 unspecified atom stereocenters. The number of aromatic nitrogens is 1. The van der Waals surface area contributed by atoms with E-state index in [4.69, 9.17) is 22.1 Å². The molecule has 33 heavy (non-hydrogen) atoms. The van der Waals surface area contributed by atoms with Gasteiger partial charge in [-0.25, -0.2) is 31.3 Å². The zero-order valence-electron chi connectivity index (χ0n) is 16.7. The number of hydrogen-bond acceptors (Lipinski definition) is 5. The molecule has 0 spiro atoms. The molecule has 1 aliphatic heterocycles. The first-order valence-corrected chi connectivity index (χ1v) is 9.72. The van der Waals surface area contributed by atoms with Crippen LogP contribution in [0.15, 0.2) is 35.5 Å². The van der Waals surface area contributed by atoms with Crippen molar-refractivity contribution in [3.63, 3.8) is 0 Å². The van der Waals surface area contributed by atoms with Gasteiger partial charge in [0.2, 0.25) is 0 Å². The summed E-state index contributed by atoms with van der Waals surface area (Å²) in [4.78, 5) is 19.9. The Labute approximate surface area is 188 Å². The number of ether oxygens (including phenoxy) is 1. The van der Waals surface area contributed by atoms with Crippen molar-refractivity contribution in [2.24, 2.45) is 10.7 Å². The van der Waals surface area contributed by atoms with Crippen LogP contribution in [0.1, 0.15) is 28.0 Å². The van der Waals surface area contributed by atoms with Gasteiger partial charge in [0.05, 0.1) is 11.6 Å². The molecule has 0 saturated heterocycles. The van der Waals surface area contributed by atoms with E-state index in [0.717, 1.165) is 30.5 Å². The molecule has 178 valence electrons. The highest BCUT2D eigenvalue weighted by molar-refractivity contribution is 6.34. The summed E-state index contributed by atoms with van der Waals surface area (Å²) in [5, 5.41) is 2.00. The lowest BCUT2D eigenvalue weighted by molar-refractivity contribution is -0.0644. The first kappa shape index (κ1) is 24.8. The number of alkyl halides is 5. The maximum Gasteiger partial charge on any atom is 0.275 e. The smallest absolute Gasteiger partial charge is 0.275 e. The number of nitrogens with two attached hydrogens (primary N) is 1. The lowest BCUT2D eigenvalue weighted by atomic mass is 9.88. The number of amidine groups is 1. The highest BCUT2D eigenvalue weighted by Crippen LogP contribution is 2.37. The minimum absolute atomic E-state index is 0.0541. The quantitative estimate of drug-likeness (QED) is 0.562. The summed E-state index contributed by atoms with van der Waals surface area (Å²) in [5.74, 6) is -2.54. The molecule has 1 aromatic heterocycles. The second-order valence-electron chi connectivity index (χ2n) is 7.26. The van der Waals surface area contributed by atoms with Crippen molar-refractivity contribution < 1.29 is 35.9 Å². The summed E-state index contributed by atoms with van der Waals surface area (Å²) < 4.78 is 85.9. The number of carbonyl (C=O) groups is 1. The molecule has 3 N–H and O–H groups in total. The molecule has 0 radical (unpaired) electrons. The van der Waals surface area contributed by atoms with E-state index in [1.165, 1.54) is 0 Å². The zero-order chi connectivity index (χ0) is 24.4. The number of pyridine rings is 1. The molecule has 13 heteroatoms. The lowest BCUT2D eigenvalue weighted by Crippen LogP contribution is -2.58. The molecule has 0 fully saturated rings. The Morgan fingerprint density at radius 2 is 1.91 bits per heavy atom. The second kappa shape index (κ2) is 9.56. The third-order valence-corrected chi connectivity index (χ3v) is 5.38. The van der Waals surface area contributed by atoms with Crippen molar-refractivity contribution in [3.05, 3.63) is 58.1 Å². The van der Waals surface area contributed by atoms with Gasteiger partial charge in [0, 0.05) is 23.0 Å². The molecule has 6 nitrogen and oxygen atoms in total. The van der Waals surface area contributed by atoms with Crippen molar-refractivity contribution in [1.82, 2.24) is 4.98 Å². The van der Waals surface area contributed by atoms with Crippen LogP contribution in [0.5, 0.6) is 0 Å². The van der Waals surface area contributed by atoms with Crippen molar-refractivity contribution in [3.8, 4) is 0 Å². The van der Waals surface area contributed by atoms with Gasteiger partial charge in [0.15, 0.2) is 5.60 Å². The van der Waals surface area contributed by atoms with Crippen LogP contribution in [0.25, 0.3) is 0 Å². The first-order chi connectivity index (χ1) is 15.6. The number of carbonyl (C=O) groups excluding carboxylic acids is 1. The van der Waals surface area contributed by atoms with Crippen molar-refractivity contribution in [2.75, 3.05) is 31.9 Å². The SMILES string of the molecule is NC1=NC(CF)(c2cc(NC(=O)c3ncc(C(F)F)cc3Cl)ccc2F)COC1(CF)CF. The average Bonchev–Trinajstić information content (AvgIpc) is 2.80. The van der Waals surface area contributed by atoms with Crippen molar-refractivity contribution in [1.29, 1.82) is 0 Å². The van der Waals surface area contributed by atoms with Crippen LogP contribution in [0.4, 0.5) is 32.0 Å². The summed E-state index contributed by atoms with van der Waals surface area (Å²) in [7, 11) is 0. The second-order valence-corrected chi connectivity index (χ2v) is 7.67. The highest BCUT2D eigenvalue weighted by Gasteiger charge is 2.48. The number of halogens is 7. The Bertz CT molecular complexity index is 1080. The number of nitrogens with zero attached hydrogens (tertiary/aromatic N) is 2. The average molecular weight is 495 g/mol. The molecule has 0 aliphatic carbocycles. The Kier molecular flexibility index (Phi) is 7.17. The maximum atomic E-state index is 14.6. The minimum Gasteiger partial charge on any atom is -0.385 e. The molecule has 2 aromatic rings. The van der Waals surface area contributed by atoms with Gasteiger partial charge in [-0.1, -0.05) is 11.6 Å². The van der Waals surface area contributed by atoms with Crippen molar-refractivity contribution >= 4 is 29.0 Å². The monoisotopic (exact) mass is 494 g/mol. The fraction of sp³-hybridized carbons (Fsp3) is 0.350. The fourth-order valence-electron chi connectivity index (χ4n) is 3.11. The topological polar surface area (TPSA) is 89.6 Å². The number of nitrogens with one attached hydrogen (secondary N) is 1. The van der Waals surface area contributed by atoms with Gasteiger partial charge in [-0.3, -0.25) is 9.79 Å². The fourth-order valence-corrected chi connectivity index (χ4v) is 3.37. The largest absolute Gasteiger partial charge is 0.385 e. The minimum atomic E-state index is -2.84. The Morgan fingerprint density at radius 3 is 2.45 bits per heavy atom. The van der Waals surface area contributed by atoms with Crippen LogP contribution in [0, 0.1) is 5.82 Å². The van der Waals surface area contributed by atoms with E-state index < -0.39 is 72.9 Å². The summed E-state index contributed by atoms with van der Waals surface area (Å²) in [6.07, 6.45) is -2.07. The van der Waals surface area contributed by atoms with E-state index in [1.807, 2.05) is 0 Å².